The molecule has 1 aliphatic rings. The van der Waals surface area contributed by atoms with Gasteiger partial charge < -0.3 is 5.32 Å². The van der Waals surface area contributed by atoms with Gasteiger partial charge in [-0.3, -0.25) is 0 Å². The molecule has 1 aliphatic heterocycles. The van der Waals surface area contributed by atoms with Gasteiger partial charge in [0.2, 0.25) is 10.0 Å². The normalized spacial score (nSPS) is 20.9. The van der Waals surface area contributed by atoms with Gasteiger partial charge in [0.05, 0.1) is 6.26 Å². The molecule has 4 nitrogen and oxygen atoms in total. The number of hydrogen-bond donors (Lipinski definition) is 1. The van der Waals surface area contributed by atoms with Crippen molar-refractivity contribution in [3.8, 4) is 0 Å². The van der Waals surface area contributed by atoms with Crippen LogP contribution in [0.15, 0.2) is 18.2 Å². The highest BCUT2D eigenvalue weighted by Gasteiger charge is 2.25. The smallest absolute Gasteiger partial charge is 0.211 e. The first-order valence-electron chi connectivity index (χ1n) is 6.49. The second kappa shape index (κ2) is 6.05. The zero-order valence-electron chi connectivity index (χ0n) is 11.3. The van der Waals surface area contributed by atoms with Gasteiger partial charge in [-0.1, -0.05) is 0 Å². The monoisotopic (exact) mass is 304 g/mol. The number of nitrogens with one attached hydrogen (secondary N) is 1. The van der Waals surface area contributed by atoms with Crippen LogP contribution in [0.1, 0.15) is 12.8 Å². The molecule has 2 rings (SSSR count). The van der Waals surface area contributed by atoms with Crippen LogP contribution in [-0.2, 0) is 10.0 Å². The van der Waals surface area contributed by atoms with Crippen molar-refractivity contribution in [3.05, 3.63) is 29.8 Å². The van der Waals surface area contributed by atoms with Crippen LogP contribution in [0, 0.1) is 17.6 Å². The Morgan fingerprint density at radius 3 is 2.55 bits per heavy atom. The molecule has 0 spiro atoms. The molecule has 0 aromatic heterocycles. The van der Waals surface area contributed by atoms with Crippen molar-refractivity contribution in [2.75, 3.05) is 31.2 Å². The largest absolute Gasteiger partial charge is 0.385 e. The molecule has 1 N–H and O–H groups in total. The predicted molar refractivity (Wildman–Crippen MR) is 74.0 cm³/mol. The van der Waals surface area contributed by atoms with Crippen molar-refractivity contribution < 1.29 is 17.2 Å². The van der Waals surface area contributed by atoms with E-state index in [4.69, 9.17) is 0 Å². The van der Waals surface area contributed by atoms with Crippen LogP contribution in [-0.4, -0.2) is 38.6 Å². The summed E-state index contributed by atoms with van der Waals surface area (Å²) in [5.74, 6) is -1.12. The molecule has 1 atom stereocenters. The minimum Gasteiger partial charge on any atom is -0.385 e. The second-order valence-corrected chi connectivity index (χ2v) is 7.15. The highest BCUT2D eigenvalue weighted by atomic mass is 32.2. The predicted octanol–water partition coefficient (Wildman–Crippen LogP) is 2.05. The molecule has 112 valence electrons. The van der Waals surface area contributed by atoms with E-state index < -0.39 is 21.7 Å². The van der Waals surface area contributed by atoms with E-state index in [1.807, 2.05) is 0 Å². The van der Waals surface area contributed by atoms with Crippen LogP contribution in [0.5, 0.6) is 0 Å². The Labute approximate surface area is 117 Å². The summed E-state index contributed by atoms with van der Waals surface area (Å²) in [7, 11) is -3.17. The van der Waals surface area contributed by atoms with Gasteiger partial charge in [0, 0.05) is 31.4 Å². The Hall–Kier alpha value is -1.21. The van der Waals surface area contributed by atoms with E-state index in [9.17, 15) is 17.2 Å². The van der Waals surface area contributed by atoms with Gasteiger partial charge in [-0.25, -0.2) is 21.5 Å². The van der Waals surface area contributed by atoms with E-state index in [1.165, 1.54) is 22.7 Å². The summed E-state index contributed by atoms with van der Waals surface area (Å²) < 4.78 is 50.5. The van der Waals surface area contributed by atoms with Crippen LogP contribution in [0.2, 0.25) is 0 Å². The average molecular weight is 304 g/mol. The van der Waals surface area contributed by atoms with Gasteiger partial charge in [0.1, 0.15) is 11.6 Å². The lowest BCUT2D eigenvalue weighted by atomic mass is 9.99. The van der Waals surface area contributed by atoms with Gasteiger partial charge in [0.15, 0.2) is 0 Å². The highest BCUT2D eigenvalue weighted by molar-refractivity contribution is 7.88. The fraction of sp³-hybridized carbons (Fsp3) is 0.538. The number of rotatable bonds is 4. The summed E-state index contributed by atoms with van der Waals surface area (Å²) in [6.07, 6.45) is 2.90. The lowest BCUT2D eigenvalue weighted by Gasteiger charge is -2.31. The average Bonchev–Trinajstić information content (AvgIpc) is 2.35. The van der Waals surface area contributed by atoms with Crippen LogP contribution < -0.4 is 5.32 Å². The molecular weight excluding hydrogens is 286 g/mol. The van der Waals surface area contributed by atoms with E-state index in [0.29, 0.717) is 25.3 Å². The van der Waals surface area contributed by atoms with Crippen molar-refractivity contribution in [2.45, 2.75) is 12.8 Å². The standard InChI is InChI=1S/C13H18F2N2O2S/c1-20(18,19)17-4-2-3-10(9-17)8-16-13-6-11(14)5-12(15)7-13/h5-7,10,16H,2-4,8-9H2,1H3. The number of sulfonamides is 1. The number of benzene rings is 1. The molecule has 0 saturated carbocycles. The molecule has 20 heavy (non-hydrogen) atoms. The summed E-state index contributed by atoms with van der Waals surface area (Å²) >= 11 is 0. The van der Waals surface area contributed by atoms with E-state index >= 15 is 0 Å². The molecule has 1 aromatic rings. The topological polar surface area (TPSA) is 49.4 Å². The van der Waals surface area contributed by atoms with E-state index in [2.05, 4.69) is 5.32 Å². The van der Waals surface area contributed by atoms with Crippen LogP contribution in [0.4, 0.5) is 14.5 Å². The maximum Gasteiger partial charge on any atom is 0.211 e. The number of piperidine rings is 1. The van der Waals surface area contributed by atoms with Crippen LogP contribution in [0.3, 0.4) is 0 Å². The Morgan fingerprint density at radius 1 is 1.30 bits per heavy atom. The zero-order valence-corrected chi connectivity index (χ0v) is 12.1. The number of nitrogens with zero attached hydrogens (tertiary/aromatic N) is 1. The summed E-state index contributed by atoms with van der Waals surface area (Å²) in [5.41, 5.74) is 0.374. The van der Waals surface area contributed by atoms with E-state index in [1.54, 1.807) is 0 Å². The molecule has 1 saturated heterocycles. The third-order valence-electron chi connectivity index (χ3n) is 3.41. The maximum absolute atomic E-state index is 13.0. The maximum atomic E-state index is 13.0. The molecule has 1 fully saturated rings. The molecular formula is C13H18F2N2O2S. The molecule has 7 heteroatoms. The van der Waals surface area contributed by atoms with Gasteiger partial charge in [0.25, 0.3) is 0 Å². The number of hydrogen-bond acceptors (Lipinski definition) is 3. The van der Waals surface area contributed by atoms with Crippen molar-refractivity contribution >= 4 is 15.7 Å². The highest BCUT2D eigenvalue weighted by Crippen LogP contribution is 2.20. The summed E-state index contributed by atoms with van der Waals surface area (Å²) in [5, 5.41) is 2.97. The summed E-state index contributed by atoms with van der Waals surface area (Å²) in [6.45, 7) is 1.49. The zero-order chi connectivity index (χ0) is 14.8. The van der Waals surface area contributed by atoms with Gasteiger partial charge in [-0.05, 0) is 30.9 Å². The first-order valence-corrected chi connectivity index (χ1v) is 8.34. The minimum atomic E-state index is -3.17. The molecule has 0 amide bonds. The SMILES string of the molecule is CS(=O)(=O)N1CCCC(CNc2cc(F)cc(F)c2)C1. The lowest BCUT2D eigenvalue weighted by Crippen LogP contribution is -2.41. The van der Waals surface area contributed by atoms with Crippen molar-refractivity contribution in [1.29, 1.82) is 0 Å². The Morgan fingerprint density at radius 2 is 1.95 bits per heavy atom. The number of anilines is 1. The van der Waals surface area contributed by atoms with Crippen LogP contribution in [0.25, 0.3) is 0 Å². The third-order valence-corrected chi connectivity index (χ3v) is 4.68. The second-order valence-electron chi connectivity index (χ2n) is 5.17. The van der Waals surface area contributed by atoms with Gasteiger partial charge >= 0.3 is 0 Å². The minimum absolute atomic E-state index is 0.143. The van der Waals surface area contributed by atoms with E-state index in [0.717, 1.165) is 18.9 Å². The van der Waals surface area contributed by atoms with Gasteiger partial charge in [-0.2, -0.15) is 0 Å². The molecule has 1 unspecified atom stereocenters. The van der Waals surface area contributed by atoms with Crippen molar-refractivity contribution in [2.24, 2.45) is 5.92 Å². The Kier molecular flexibility index (Phi) is 4.59. The summed E-state index contributed by atoms with van der Waals surface area (Å²) in [4.78, 5) is 0. The first kappa shape index (κ1) is 15.2. The van der Waals surface area contributed by atoms with E-state index in [-0.39, 0.29) is 5.92 Å². The van der Waals surface area contributed by atoms with Crippen molar-refractivity contribution in [3.63, 3.8) is 0 Å². The first-order chi connectivity index (χ1) is 9.34. The van der Waals surface area contributed by atoms with Gasteiger partial charge in [-0.15, -0.1) is 0 Å². The summed E-state index contributed by atoms with van der Waals surface area (Å²) in [6, 6.07) is 3.26. The Balaban J connectivity index is 1.93. The molecule has 1 heterocycles. The molecule has 1 aromatic carbocycles. The van der Waals surface area contributed by atoms with Crippen LogP contribution >= 0.6 is 0 Å². The molecule has 0 radical (unpaired) electrons. The lowest BCUT2D eigenvalue weighted by molar-refractivity contribution is 0.277. The fourth-order valence-corrected chi connectivity index (χ4v) is 3.36. The number of halogens is 2. The fourth-order valence-electron chi connectivity index (χ4n) is 2.41. The molecule has 0 aliphatic carbocycles. The third kappa shape index (κ3) is 4.14. The Bertz CT molecular complexity index is 557. The van der Waals surface area contributed by atoms with Crippen molar-refractivity contribution in [1.82, 2.24) is 4.31 Å². The quantitative estimate of drug-likeness (QED) is 0.926. The molecule has 0 bridgehead atoms.